The fraction of sp³-hybridized carbons (Fsp3) is 0.833. The Hall–Kier alpha value is -2.15. The molecular formula is C42H69NO6. The summed E-state index contributed by atoms with van der Waals surface area (Å²) in [5.41, 5.74) is 0. The van der Waals surface area contributed by atoms with Crippen LogP contribution in [0.5, 0.6) is 0 Å². The van der Waals surface area contributed by atoms with E-state index in [2.05, 4.69) is 36.1 Å². The van der Waals surface area contributed by atoms with Gasteiger partial charge in [0, 0.05) is 19.3 Å². The third kappa shape index (κ3) is 15.7. The Labute approximate surface area is 298 Å². The summed E-state index contributed by atoms with van der Waals surface area (Å²) < 4.78 is 17.0. The molecule has 278 valence electrons. The molecular weight excluding hydrogens is 614 g/mol. The van der Waals surface area contributed by atoms with Gasteiger partial charge in [-0.05, 0) is 139 Å². The van der Waals surface area contributed by atoms with Crippen molar-refractivity contribution in [3.05, 3.63) is 24.3 Å². The first kappa shape index (κ1) is 39.6. The van der Waals surface area contributed by atoms with Gasteiger partial charge in [-0.2, -0.15) is 0 Å². The molecule has 7 nitrogen and oxygen atoms in total. The number of ether oxygens (including phenoxy) is 3. The number of esters is 3. The summed E-state index contributed by atoms with van der Waals surface area (Å²) in [4.78, 5) is 40.5. The first-order valence-corrected chi connectivity index (χ1v) is 20.5. The Morgan fingerprint density at radius 1 is 0.633 bits per heavy atom. The van der Waals surface area contributed by atoms with Gasteiger partial charge in [0.15, 0.2) is 0 Å². The number of unbranched alkanes of at least 4 members (excludes halogenated alkanes) is 8. The minimum atomic E-state index is -0.349. The maximum absolute atomic E-state index is 13.0. The summed E-state index contributed by atoms with van der Waals surface area (Å²) in [5, 5.41) is 0. The first-order chi connectivity index (χ1) is 24.0. The van der Waals surface area contributed by atoms with Gasteiger partial charge in [0.05, 0.1) is 5.92 Å². The Morgan fingerprint density at radius 3 is 1.78 bits per heavy atom. The van der Waals surface area contributed by atoms with E-state index in [1.165, 1.54) is 83.5 Å². The zero-order valence-electron chi connectivity index (χ0n) is 31.0. The predicted molar refractivity (Wildman–Crippen MR) is 196 cm³/mol. The Kier molecular flexibility index (Phi) is 18.9. The lowest BCUT2D eigenvalue weighted by atomic mass is 9.51. The molecule has 4 aliphatic carbocycles. The average molecular weight is 684 g/mol. The molecule has 0 aromatic carbocycles. The normalized spacial score (nSPS) is 25.4. The van der Waals surface area contributed by atoms with Crippen molar-refractivity contribution in [2.45, 2.75) is 148 Å². The smallest absolute Gasteiger partial charge is 0.306 e. The molecule has 5 aliphatic rings. The number of allylic oxidation sites excluding steroid dienone is 4. The van der Waals surface area contributed by atoms with Gasteiger partial charge in [-0.3, -0.25) is 14.4 Å². The molecule has 0 aromatic rings. The van der Waals surface area contributed by atoms with Crippen molar-refractivity contribution in [1.82, 2.24) is 4.90 Å². The summed E-state index contributed by atoms with van der Waals surface area (Å²) in [6, 6.07) is 0. The summed E-state index contributed by atoms with van der Waals surface area (Å²) in [7, 11) is 0. The molecule has 1 atom stereocenters. The summed E-state index contributed by atoms with van der Waals surface area (Å²) in [6.07, 6.45) is 32.7. The number of likely N-dealkylation sites (tertiary alicyclic amines) is 1. The summed E-state index contributed by atoms with van der Waals surface area (Å²) in [5.74, 6) is 2.59. The lowest BCUT2D eigenvalue weighted by molar-refractivity contribution is -0.155. The molecule has 1 aliphatic heterocycles. The van der Waals surface area contributed by atoms with E-state index >= 15 is 0 Å². The molecule has 0 aromatic heterocycles. The van der Waals surface area contributed by atoms with E-state index < -0.39 is 0 Å². The third-order valence-electron chi connectivity index (χ3n) is 11.6. The molecule has 7 heteroatoms. The largest absolute Gasteiger partial charge is 0.465 e. The Bertz CT molecular complexity index is 989. The average Bonchev–Trinajstić information content (AvgIpc) is 3.61. The number of nitrogens with zero attached hydrogens (tertiary/aromatic N) is 1. The van der Waals surface area contributed by atoms with Crippen LogP contribution in [-0.4, -0.2) is 62.3 Å². The zero-order chi connectivity index (χ0) is 34.5. The highest BCUT2D eigenvalue weighted by Crippen LogP contribution is 2.57. The minimum Gasteiger partial charge on any atom is -0.465 e. The van der Waals surface area contributed by atoms with Crippen LogP contribution >= 0.6 is 0 Å². The molecule has 1 saturated heterocycles. The predicted octanol–water partition coefficient (Wildman–Crippen LogP) is 9.38. The Morgan fingerprint density at radius 2 is 1.16 bits per heavy atom. The van der Waals surface area contributed by atoms with Crippen LogP contribution in [0.1, 0.15) is 148 Å². The number of hydrogen-bond acceptors (Lipinski definition) is 7. The van der Waals surface area contributed by atoms with Gasteiger partial charge in [0.25, 0.3) is 0 Å². The van der Waals surface area contributed by atoms with Gasteiger partial charge >= 0.3 is 17.9 Å². The van der Waals surface area contributed by atoms with Crippen molar-refractivity contribution >= 4 is 17.9 Å². The first-order valence-electron chi connectivity index (χ1n) is 20.5. The standard InChI is InChI=1S/C42H69NO6/c1-2-3-4-5-6-7-8-9-10-11-12-13-14-15-16-20-40(44)47-31-36(32-48-41(45)21-19-24-43-22-17-18-23-43)33-49-42(46)30-39-37-26-34-25-35(28-37)29-38(39)27-34/h6-7,9-10,34-39H,2-5,8,11-33H2,1H3/b7-6-,10-9-. The Balaban J connectivity index is 1.08. The second-order valence-electron chi connectivity index (χ2n) is 15.8. The van der Waals surface area contributed by atoms with Crippen molar-refractivity contribution in [2.75, 3.05) is 39.5 Å². The lowest BCUT2D eigenvalue weighted by Gasteiger charge is -2.54. The summed E-state index contributed by atoms with van der Waals surface area (Å²) in [6.45, 7) is 5.72. The van der Waals surface area contributed by atoms with Crippen LogP contribution in [0.2, 0.25) is 0 Å². The van der Waals surface area contributed by atoms with Gasteiger partial charge in [-0.1, -0.05) is 63.3 Å². The highest BCUT2D eigenvalue weighted by atomic mass is 16.6. The molecule has 0 N–H and O–H groups in total. The van der Waals surface area contributed by atoms with Gasteiger partial charge in [-0.15, -0.1) is 0 Å². The topological polar surface area (TPSA) is 82.1 Å². The van der Waals surface area contributed by atoms with E-state index in [1.54, 1.807) is 0 Å². The van der Waals surface area contributed by atoms with Crippen molar-refractivity contribution in [3.63, 3.8) is 0 Å². The number of rotatable bonds is 26. The van der Waals surface area contributed by atoms with Crippen LogP contribution in [0.3, 0.4) is 0 Å². The second kappa shape index (κ2) is 23.3. The molecule has 0 spiro atoms. The van der Waals surface area contributed by atoms with Crippen LogP contribution < -0.4 is 0 Å². The molecule has 4 bridgehead atoms. The van der Waals surface area contributed by atoms with E-state index in [4.69, 9.17) is 14.2 Å². The lowest BCUT2D eigenvalue weighted by Crippen LogP contribution is -2.45. The second-order valence-corrected chi connectivity index (χ2v) is 15.8. The van der Waals surface area contributed by atoms with E-state index in [0.717, 1.165) is 70.0 Å². The molecule has 1 heterocycles. The van der Waals surface area contributed by atoms with Crippen molar-refractivity contribution < 1.29 is 28.6 Å². The van der Waals surface area contributed by atoms with Gasteiger partial charge in [0.1, 0.15) is 19.8 Å². The minimum absolute atomic E-state index is 0.102. The summed E-state index contributed by atoms with van der Waals surface area (Å²) >= 11 is 0. The van der Waals surface area contributed by atoms with Gasteiger partial charge in [-0.25, -0.2) is 0 Å². The molecule has 0 amide bonds. The van der Waals surface area contributed by atoms with Crippen LogP contribution in [0.15, 0.2) is 24.3 Å². The zero-order valence-corrected chi connectivity index (χ0v) is 31.0. The fourth-order valence-electron chi connectivity index (χ4n) is 9.08. The molecule has 4 saturated carbocycles. The highest BCUT2D eigenvalue weighted by molar-refractivity contribution is 5.70. The van der Waals surface area contributed by atoms with Crippen LogP contribution in [0, 0.1) is 35.5 Å². The van der Waals surface area contributed by atoms with Crippen LogP contribution in [-0.2, 0) is 28.6 Å². The molecule has 1 unspecified atom stereocenters. The number of carbonyl (C=O) groups excluding carboxylic acids is 3. The maximum Gasteiger partial charge on any atom is 0.306 e. The van der Waals surface area contributed by atoms with Gasteiger partial charge in [0.2, 0.25) is 0 Å². The van der Waals surface area contributed by atoms with E-state index in [0.29, 0.717) is 37.0 Å². The van der Waals surface area contributed by atoms with Crippen molar-refractivity contribution in [3.8, 4) is 0 Å². The number of hydrogen-bond donors (Lipinski definition) is 0. The van der Waals surface area contributed by atoms with Crippen molar-refractivity contribution in [1.29, 1.82) is 0 Å². The maximum atomic E-state index is 13.0. The van der Waals surface area contributed by atoms with E-state index in [-0.39, 0.29) is 43.6 Å². The van der Waals surface area contributed by atoms with Gasteiger partial charge < -0.3 is 19.1 Å². The quantitative estimate of drug-likeness (QED) is 0.0389. The monoisotopic (exact) mass is 684 g/mol. The SMILES string of the molecule is CCCCC/C=C\C/C=C\CCCCCCCC(=O)OCC(COC(=O)CCCN1CCCC1)COC(=O)CC1C2CC3CC(C2)CC1C3. The van der Waals surface area contributed by atoms with E-state index in [1.807, 2.05) is 0 Å². The number of carbonyl (C=O) groups is 3. The molecule has 49 heavy (non-hydrogen) atoms. The highest BCUT2D eigenvalue weighted by Gasteiger charge is 2.48. The molecule has 5 fully saturated rings. The molecule has 0 radical (unpaired) electrons. The van der Waals surface area contributed by atoms with Crippen LogP contribution in [0.25, 0.3) is 0 Å². The van der Waals surface area contributed by atoms with Crippen molar-refractivity contribution in [2.24, 2.45) is 35.5 Å². The third-order valence-corrected chi connectivity index (χ3v) is 11.6. The molecule has 5 rings (SSSR count). The fourth-order valence-corrected chi connectivity index (χ4v) is 9.08. The van der Waals surface area contributed by atoms with E-state index in [9.17, 15) is 14.4 Å². The van der Waals surface area contributed by atoms with Crippen LogP contribution in [0.4, 0.5) is 0 Å².